The van der Waals surface area contributed by atoms with Gasteiger partial charge in [-0.2, -0.15) is 0 Å². The standard InChI is InChI=1S/C18H15ClFNO3/c1-3-10(2)24-16-9-15(14(20)8-13(16)19)21-17(22)11-6-4-5-7-12(11)18(21)23/h1,8-10H,4-7H2,2H3. The van der Waals surface area contributed by atoms with E-state index in [1.165, 1.54) is 6.07 Å². The molecule has 1 atom stereocenters. The monoisotopic (exact) mass is 347 g/mol. The summed E-state index contributed by atoms with van der Waals surface area (Å²) in [6, 6.07) is 2.27. The first-order valence-electron chi connectivity index (χ1n) is 7.66. The van der Waals surface area contributed by atoms with Crippen molar-refractivity contribution in [3.05, 3.63) is 34.1 Å². The SMILES string of the molecule is C#CC(C)Oc1cc(N2C(=O)C3=C(CCCC3)C2=O)c(F)cc1Cl. The number of rotatable bonds is 3. The van der Waals surface area contributed by atoms with Crippen molar-refractivity contribution in [1.82, 2.24) is 0 Å². The Labute approximate surface area is 144 Å². The van der Waals surface area contributed by atoms with Crippen molar-refractivity contribution in [1.29, 1.82) is 0 Å². The van der Waals surface area contributed by atoms with Gasteiger partial charge in [-0.3, -0.25) is 9.59 Å². The fraction of sp³-hybridized carbons (Fsp3) is 0.333. The van der Waals surface area contributed by atoms with Crippen molar-refractivity contribution in [2.45, 2.75) is 38.7 Å². The van der Waals surface area contributed by atoms with Crippen LogP contribution in [0.5, 0.6) is 5.75 Å². The number of halogens is 2. The Kier molecular flexibility index (Phi) is 4.33. The van der Waals surface area contributed by atoms with Crippen molar-refractivity contribution >= 4 is 29.1 Å². The number of nitrogens with zero attached hydrogens (tertiary/aromatic N) is 1. The van der Waals surface area contributed by atoms with Crippen LogP contribution in [0.3, 0.4) is 0 Å². The molecule has 1 aromatic rings. The molecule has 0 N–H and O–H groups in total. The van der Waals surface area contributed by atoms with Crippen LogP contribution in [0, 0.1) is 18.2 Å². The summed E-state index contributed by atoms with van der Waals surface area (Å²) < 4.78 is 19.8. The zero-order valence-electron chi connectivity index (χ0n) is 13.1. The smallest absolute Gasteiger partial charge is 0.261 e. The van der Waals surface area contributed by atoms with E-state index in [1.807, 2.05) is 0 Å². The maximum atomic E-state index is 14.4. The summed E-state index contributed by atoms with van der Waals surface area (Å²) in [4.78, 5) is 26.0. The molecule has 0 fully saturated rings. The highest BCUT2D eigenvalue weighted by Crippen LogP contribution is 2.39. The summed E-state index contributed by atoms with van der Waals surface area (Å²) in [7, 11) is 0. The van der Waals surface area contributed by atoms with Crippen LogP contribution in [-0.4, -0.2) is 17.9 Å². The van der Waals surface area contributed by atoms with Crippen molar-refractivity contribution < 1.29 is 18.7 Å². The Morgan fingerprint density at radius 1 is 1.25 bits per heavy atom. The van der Waals surface area contributed by atoms with Gasteiger partial charge < -0.3 is 4.74 Å². The van der Waals surface area contributed by atoms with Gasteiger partial charge in [0.25, 0.3) is 11.8 Å². The van der Waals surface area contributed by atoms with E-state index in [9.17, 15) is 14.0 Å². The van der Waals surface area contributed by atoms with Gasteiger partial charge in [0.2, 0.25) is 0 Å². The summed E-state index contributed by atoms with van der Waals surface area (Å²) in [5.74, 6) is 0.807. The first kappa shape index (κ1) is 16.5. The number of benzene rings is 1. The molecule has 3 rings (SSSR count). The largest absolute Gasteiger partial charge is 0.476 e. The number of anilines is 1. The van der Waals surface area contributed by atoms with Crippen LogP contribution in [0.1, 0.15) is 32.6 Å². The number of hydrogen-bond donors (Lipinski definition) is 0. The van der Waals surface area contributed by atoms with E-state index >= 15 is 0 Å². The molecule has 2 aliphatic rings. The molecule has 0 saturated heterocycles. The van der Waals surface area contributed by atoms with Crippen LogP contribution < -0.4 is 9.64 Å². The van der Waals surface area contributed by atoms with Gasteiger partial charge in [0.1, 0.15) is 11.6 Å². The second kappa shape index (κ2) is 6.29. The van der Waals surface area contributed by atoms with E-state index in [1.54, 1.807) is 6.92 Å². The van der Waals surface area contributed by atoms with Crippen LogP contribution in [0.15, 0.2) is 23.3 Å². The van der Waals surface area contributed by atoms with E-state index in [0.29, 0.717) is 24.0 Å². The third-order valence-electron chi connectivity index (χ3n) is 4.17. The maximum absolute atomic E-state index is 14.4. The molecule has 124 valence electrons. The fourth-order valence-electron chi connectivity index (χ4n) is 2.96. The maximum Gasteiger partial charge on any atom is 0.261 e. The first-order chi connectivity index (χ1) is 11.4. The number of imide groups is 1. The average molecular weight is 348 g/mol. The lowest BCUT2D eigenvalue weighted by Gasteiger charge is -2.19. The van der Waals surface area contributed by atoms with Crippen LogP contribution in [-0.2, 0) is 9.59 Å². The zero-order valence-corrected chi connectivity index (χ0v) is 13.8. The highest BCUT2D eigenvalue weighted by molar-refractivity contribution is 6.34. The highest BCUT2D eigenvalue weighted by atomic mass is 35.5. The highest BCUT2D eigenvalue weighted by Gasteiger charge is 2.41. The fourth-order valence-corrected chi connectivity index (χ4v) is 3.16. The van der Waals surface area contributed by atoms with Crippen LogP contribution >= 0.6 is 11.6 Å². The molecular weight excluding hydrogens is 333 g/mol. The van der Waals surface area contributed by atoms with Crippen LogP contribution in [0.4, 0.5) is 10.1 Å². The molecular formula is C18H15ClFNO3. The lowest BCUT2D eigenvalue weighted by molar-refractivity contribution is -0.120. The summed E-state index contributed by atoms with van der Waals surface area (Å²) in [6.45, 7) is 1.63. The molecule has 6 heteroatoms. The van der Waals surface area contributed by atoms with E-state index in [4.69, 9.17) is 22.8 Å². The predicted octanol–water partition coefficient (Wildman–Crippen LogP) is 3.62. The van der Waals surface area contributed by atoms with Crippen LogP contribution in [0.2, 0.25) is 5.02 Å². The summed E-state index contributed by atoms with van der Waals surface area (Å²) in [5.41, 5.74) is 0.808. The Balaban J connectivity index is 2.01. The summed E-state index contributed by atoms with van der Waals surface area (Å²) in [5, 5.41) is 0.0233. The van der Waals surface area contributed by atoms with Gasteiger partial charge in [0.05, 0.1) is 10.7 Å². The second-order valence-electron chi connectivity index (χ2n) is 5.77. The Hall–Kier alpha value is -2.32. The number of amides is 2. The van der Waals surface area contributed by atoms with E-state index in [-0.39, 0.29) is 16.5 Å². The Morgan fingerprint density at radius 2 is 1.83 bits per heavy atom. The van der Waals surface area contributed by atoms with Gasteiger partial charge in [0, 0.05) is 17.2 Å². The van der Waals surface area contributed by atoms with Crippen molar-refractivity contribution in [2.75, 3.05) is 4.90 Å². The van der Waals surface area contributed by atoms with E-state index in [0.717, 1.165) is 23.8 Å². The molecule has 0 aromatic heterocycles. The zero-order chi connectivity index (χ0) is 17.4. The number of carbonyl (C=O) groups excluding carboxylic acids is 2. The molecule has 24 heavy (non-hydrogen) atoms. The average Bonchev–Trinajstić information content (AvgIpc) is 2.82. The molecule has 1 aliphatic heterocycles. The summed E-state index contributed by atoms with van der Waals surface area (Å²) in [6.07, 6.45) is 7.47. The molecule has 0 saturated carbocycles. The molecule has 1 heterocycles. The molecule has 1 aromatic carbocycles. The third-order valence-corrected chi connectivity index (χ3v) is 4.47. The summed E-state index contributed by atoms with van der Waals surface area (Å²) >= 11 is 5.97. The number of terminal acetylenes is 1. The Morgan fingerprint density at radius 3 is 2.38 bits per heavy atom. The van der Waals surface area contributed by atoms with Gasteiger partial charge in [-0.05, 0) is 38.7 Å². The molecule has 0 radical (unpaired) electrons. The lowest BCUT2D eigenvalue weighted by Crippen LogP contribution is -2.32. The normalized spacial score (nSPS) is 18.5. The minimum Gasteiger partial charge on any atom is -0.476 e. The van der Waals surface area contributed by atoms with Gasteiger partial charge >= 0.3 is 0 Å². The third kappa shape index (κ3) is 2.67. The van der Waals surface area contributed by atoms with Gasteiger partial charge in [-0.1, -0.05) is 17.5 Å². The quantitative estimate of drug-likeness (QED) is 0.619. The molecule has 0 spiro atoms. The van der Waals surface area contributed by atoms with Gasteiger partial charge in [-0.15, -0.1) is 6.42 Å². The first-order valence-corrected chi connectivity index (χ1v) is 8.04. The van der Waals surface area contributed by atoms with Crippen LogP contribution in [0.25, 0.3) is 0 Å². The topological polar surface area (TPSA) is 46.6 Å². The number of ether oxygens (including phenoxy) is 1. The molecule has 4 nitrogen and oxygen atoms in total. The number of hydrogen-bond acceptors (Lipinski definition) is 3. The predicted molar refractivity (Wildman–Crippen MR) is 88.3 cm³/mol. The molecule has 2 amide bonds. The second-order valence-corrected chi connectivity index (χ2v) is 6.18. The minimum atomic E-state index is -0.762. The van der Waals surface area contributed by atoms with Crippen molar-refractivity contribution in [3.8, 4) is 18.1 Å². The lowest BCUT2D eigenvalue weighted by atomic mass is 9.93. The number of carbonyl (C=O) groups is 2. The van der Waals surface area contributed by atoms with E-state index < -0.39 is 23.7 Å². The van der Waals surface area contributed by atoms with Crippen molar-refractivity contribution in [2.24, 2.45) is 0 Å². The minimum absolute atomic E-state index is 0.0233. The molecule has 1 unspecified atom stereocenters. The van der Waals surface area contributed by atoms with Crippen molar-refractivity contribution in [3.63, 3.8) is 0 Å². The molecule has 1 aliphatic carbocycles. The Bertz CT molecular complexity index is 781. The van der Waals surface area contributed by atoms with Gasteiger partial charge in [0.15, 0.2) is 6.10 Å². The van der Waals surface area contributed by atoms with Gasteiger partial charge in [-0.25, -0.2) is 9.29 Å². The van der Waals surface area contributed by atoms with E-state index in [2.05, 4.69) is 5.92 Å². The molecule has 0 bridgehead atoms.